The average Bonchev–Trinajstić information content (AvgIpc) is 3.40. The van der Waals surface area contributed by atoms with Crippen LogP contribution in [-0.2, 0) is 14.8 Å². The van der Waals surface area contributed by atoms with Crippen molar-refractivity contribution in [3.63, 3.8) is 0 Å². The molecule has 0 saturated carbocycles. The third-order valence-corrected chi connectivity index (χ3v) is 7.92. The van der Waals surface area contributed by atoms with E-state index in [4.69, 9.17) is 9.47 Å². The van der Waals surface area contributed by atoms with Crippen molar-refractivity contribution in [3.05, 3.63) is 76.5 Å². The van der Waals surface area contributed by atoms with E-state index in [1.54, 1.807) is 54.8 Å². The Hall–Kier alpha value is -2.92. The molecule has 180 valence electrons. The standard InChI is InChI=1S/C24H27N3O5S2/c1-31-20-9-7-19(8-10-20)26-34(29,30)21-5-2-4-18(16-21)24(28)25-17-22(23-6-3-15-33-23)27-11-13-32-14-12-27/h2-10,15-16,22,26H,11-14,17H2,1H3,(H,25,28)/t22-/m1/s1. The van der Waals surface area contributed by atoms with Crippen LogP contribution in [0, 0.1) is 0 Å². The predicted octanol–water partition coefficient (Wildman–Crippen LogP) is 3.36. The van der Waals surface area contributed by atoms with E-state index in [2.05, 4.69) is 21.0 Å². The van der Waals surface area contributed by atoms with Gasteiger partial charge in [-0.1, -0.05) is 12.1 Å². The molecule has 0 spiro atoms. The number of benzene rings is 2. The fraction of sp³-hybridized carbons (Fsp3) is 0.292. The molecule has 1 aliphatic heterocycles. The molecule has 1 aliphatic rings. The van der Waals surface area contributed by atoms with Crippen LogP contribution in [0.5, 0.6) is 5.75 Å². The highest BCUT2D eigenvalue weighted by molar-refractivity contribution is 7.92. The van der Waals surface area contributed by atoms with E-state index in [1.807, 2.05) is 11.4 Å². The molecule has 2 aromatic carbocycles. The van der Waals surface area contributed by atoms with E-state index in [-0.39, 0.29) is 22.4 Å². The number of ether oxygens (including phenoxy) is 2. The lowest BCUT2D eigenvalue weighted by Gasteiger charge is -2.34. The lowest BCUT2D eigenvalue weighted by molar-refractivity contribution is 0.0169. The lowest BCUT2D eigenvalue weighted by Crippen LogP contribution is -2.43. The number of carbonyl (C=O) groups is 1. The fourth-order valence-electron chi connectivity index (χ4n) is 3.75. The highest BCUT2D eigenvalue weighted by Gasteiger charge is 2.24. The van der Waals surface area contributed by atoms with Gasteiger partial charge in [0.15, 0.2) is 0 Å². The summed E-state index contributed by atoms with van der Waals surface area (Å²) < 4.78 is 38.8. The summed E-state index contributed by atoms with van der Waals surface area (Å²) in [6.07, 6.45) is 0. The highest BCUT2D eigenvalue weighted by Crippen LogP contribution is 2.26. The van der Waals surface area contributed by atoms with Gasteiger partial charge in [-0.15, -0.1) is 11.3 Å². The average molecular weight is 502 g/mol. The van der Waals surface area contributed by atoms with Crippen molar-refractivity contribution in [1.29, 1.82) is 0 Å². The monoisotopic (exact) mass is 501 g/mol. The molecule has 34 heavy (non-hydrogen) atoms. The molecular formula is C24H27N3O5S2. The minimum absolute atomic E-state index is 0.0129. The molecule has 1 aromatic heterocycles. The van der Waals surface area contributed by atoms with Crippen molar-refractivity contribution < 1.29 is 22.7 Å². The summed E-state index contributed by atoms with van der Waals surface area (Å²) in [5, 5.41) is 5.00. The number of nitrogens with zero attached hydrogens (tertiary/aromatic N) is 1. The first-order chi connectivity index (χ1) is 16.5. The van der Waals surface area contributed by atoms with E-state index in [1.165, 1.54) is 17.0 Å². The molecule has 2 N–H and O–H groups in total. The summed E-state index contributed by atoms with van der Waals surface area (Å²) in [6, 6.07) is 16.7. The minimum atomic E-state index is -3.86. The number of thiophene rings is 1. The van der Waals surface area contributed by atoms with Crippen molar-refractivity contribution in [2.75, 3.05) is 44.7 Å². The number of hydrogen-bond donors (Lipinski definition) is 2. The smallest absolute Gasteiger partial charge is 0.261 e. The van der Waals surface area contributed by atoms with E-state index in [9.17, 15) is 13.2 Å². The second kappa shape index (κ2) is 11.0. The van der Waals surface area contributed by atoms with Gasteiger partial charge in [0.2, 0.25) is 0 Å². The normalized spacial score (nSPS) is 15.4. The Morgan fingerprint density at radius 1 is 1.12 bits per heavy atom. The second-order valence-electron chi connectivity index (χ2n) is 7.75. The van der Waals surface area contributed by atoms with E-state index in [0.717, 1.165) is 13.1 Å². The van der Waals surface area contributed by atoms with Crippen LogP contribution >= 0.6 is 11.3 Å². The topological polar surface area (TPSA) is 97.0 Å². The first-order valence-corrected chi connectivity index (χ1v) is 13.2. The number of rotatable bonds is 9. The zero-order valence-electron chi connectivity index (χ0n) is 18.8. The molecule has 0 bridgehead atoms. The molecular weight excluding hydrogens is 474 g/mol. The second-order valence-corrected chi connectivity index (χ2v) is 10.4. The number of nitrogens with one attached hydrogen (secondary N) is 2. The number of amides is 1. The molecule has 0 unspecified atom stereocenters. The van der Waals surface area contributed by atoms with Crippen LogP contribution in [0.3, 0.4) is 0 Å². The van der Waals surface area contributed by atoms with Gasteiger partial charge in [-0.2, -0.15) is 0 Å². The molecule has 0 radical (unpaired) electrons. The third kappa shape index (κ3) is 5.95. The van der Waals surface area contributed by atoms with Gasteiger partial charge in [0, 0.05) is 35.8 Å². The summed E-state index contributed by atoms with van der Waals surface area (Å²) in [7, 11) is -2.32. The van der Waals surface area contributed by atoms with Crippen LogP contribution in [0.4, 0.5) is 5.69 Å². The van der Waals surface area contributed by atoms with Crippen molar-refractivity contribution in [1.82, 2.24) is 10.2 Å². The van der Waals surface area contributed by atoms with Crippen LogP contribution in [0.25, 0.3) is 0 Å². The number of hydrogen-bond acceptors (Lipinski definition) is 7. The zero-order valence-corrected chi connectivity index (χ0v) is 20.4. The van der Waals surface area contributed by atoms with Crippen molar-refractivity contribution >= 4 is 33.0 Å². The summed E-state index contributed by atoms with van der Waals surface area (Å²) in [5.74, 6) is 0.302. The molecule has 3 aromatic rings. The quantitative estimate of drug-likeness (QED) is 0.467. The maximum atomic E-state index is 12.9. The fourth-order valence-corrected chi connectivity index (χ4v) is 5.71. The Morgan fingerprint density at radius 2 is 1.88 bits per heavy atom. The van der Waals surface area contributed by atoms with Gasteiger partial charge in [-0.25, -0.2) is 8.42 Å². The first kappa shape index (κ1) is 24.2. The van der Waals surface area contributed by atoms with Crippen LogP contribution in [0.2, 0.25) is 0 Å². The molecule has 4 rings (SSSR count). The van der Waals surface area contributed by atoms with Gasteiger partial charge >= 0.3 is 0 Å². The largest absolute Gasteiger partial charge is 0.497 e. The van der Waals surface area contributed by atoms with Crippen LogP contribution in [0.15, 0.2) is 70.9 Å². The summed E-state index contributed by atoms with van der Waals surface area (Å²) >= 11 is 1.65. The van der Waals surface area contributed by atoms with Crippen LogP contribution < -0.4 is 14.8 Å². The first-order valence-electron chi connectivity index (χ1n) is 10.9. The van der Waals surface area contributed by atoms with Gasteiger partial charge < -0.3 is 14.8 Å². The molecule has 1 fully saturated rings. The van der Waals surface area contributed by atoms with Crippen molar-refractivity contribution in [2.45, 2.75) is 10.9 Å². The maximum absolute atomic E-state index is 12.9. The van der Waals surface area contributed by atoms with Crippen LogP contribution in [-0.4, -0.2) is 59.2 Å². The number of carbonyl (C=O) groups excluding carboxylic acids is 1. The third-order valence-electron chi connectivity index (χ3n) is 5.56. The number of sulfonamides is 1. The Bertz CT molecular complexity index is 1190. The van der Waals surface area contributed by atoms with E-state index in [0.29, 0.717) is 31.2 Å². The van der Waals surface area contributed by atoms with Crippen molar-refractivity contribution in [3.8, 4) is 5.75 Å². The van der Waals surface area contributed by atoms with Gasteiger partial charge in [0.25, 0.3) is 15.9 Å². The molecule has 8 nitrogen and oxygen atoms in total. The van der Waals surface area contributed by atoms with E-state index >= 15 is 0 Å². The van der Waals surface area contributed by atoms with Gasteiger partial charge in [0.05, 0.1) is 31.3 Å². The van der Waals surface area contributed by atoms with Crippen molar-refractivity contribution in [2.24, 2.45) is 0 Å². The number of morpholine rings is 1. The number of anilines is 1. The molecule has 10 heteroatoms. The van der Waals surface area contributed by atoms with Gasteiger partial charge in [0.1, 0.15) is 5.75 Å². The Morgan fingerprint density at radius 3 is 2.56 bits per heavy atom. The van der Waals surface area contributed by atoms with Crippen LogP contribution in [0.1, 0.15) is 21.3 Å². The SMILES string of the molecule is COc1ccc(NS(=O)(=O)c2cccc(C(=O)NC[C@H](c3cccs3)N3CCOCC3)c2)cc1. The van der Waals surface area contributed by atoms with E-state index < -0.39 is 10.0 Å². The predicted molar refractivity (Wildman–Crippen MR) is 132 cm³/mol. The Kier molecular flexibility index (Phi) is 7.84. The molecule has 2 heterocycles. The number of methoxy groups -OCH3 is 1. The maximum Gasteiger partial charge on any atom is 0.261 e. The van der Waals surface area contributed by atoms with Gasteiger partial charge in [-0.05, 0) is 53.9 Å². The molecule has 1 atom stereocenters. The summed E-state index contributed by atoms with van der Waals surface area (Å²) in [6.45, 7) is 3.33. The Balaban J connectivity index is 1.45. The Labute approximate surface area is 203 Å². The molecule has 0 aliphatic carbocycles. The molecule has 1 saturated heterocycles. The highest BCUT2D eigenvalue weighted by atomic mass is 32.2. The molecule has 1 amide bonds. The summed E-state index contributed by atoms with van der Waals surface area (Å²) in [4.78, 5) is 16.4. The minimum Gasteiger partial charge on any atom is -0.497 e. The van der Waals surface area contributed by atoms with Gasteiger partial charge in [-0.3, -0.25) is 14.4 Å². The zero-order chi connectivity index (χ0) is 24.0. The summed E-state index contributed by atoms with van der Waals surface area (Å²) in [5.41, 5.74) is 0.685. The lowest BCUT2D eigenvalue weighted by atomic mass is 10.1.